The van der Waals surface area contributed by atoms with Gasteiger partial charge < -0.3 is 4.90 Å². The predicted molar refractivity (Wildman–Crippen MR) is 96.0 cm³/mol. The number of anilines is 1. The van der Waals surface area contributed by atoms with Gasteiger partial charge in [0.2, 0.25) is 5.91 Å². The van der Waals surface area contributed by atoms with Gasteiger partial charge in [-0.2, -0.15) is 16.4 Å². The summed E-state index contributed by atoms with van der Waals surface area (Å²) in [5, 5.41) is 8.39. The number of hydrogen-bond donors (Lipinski definition) is 0. The summed E-state index contributed by atoms with van der Waals surface area (Å²) in [5.41, 5.74) is 3.31. The number of nitrogens with zero attached hydrogens (tertiary/aromatic N) is 3. The van der Waals surface area contributed by atoms with Gasteiger partial charge in [-0.25, -0.2) is 0 Å². The Morgan fingerprint density at radius 2 is 2.17 bits per heavy atom. The molecule has 0 aliphatic heterocycles. The predicted octanol–water partition coefficient (Wildman–Crippen LogP) is 3.82. The van der Waals surface area contributed by atoms with Crippen LogP contribution < -0.4 is 4.90 Å². The molecule has 1 amide bonds. The maximum absolute atomic E-state index is 13.1. The van der Waals surface area contributed by atoms with E-state index in [2.05, 4.69) is 21.9 Å². The highest BCUT2D eigenvalue weighted by Crippen LogP contribution is 2.48. The van der Waals surface area contributed by atoms with E-state index in [4.69, 9.17) is 0 Å². The minimum atomic E-state index is 0.0630. The third-order valence-electron chi connectivity index (χ3n) is 4.52. The number of para-hydroxylation sites is 1. The van der Waals surface area contributed by atoms with Crippen LogP contribution in [-0.2, 0) is 18.4 Å². The molecule has 5 heteroatoms. The van der Waals surface area contributed by atoms with Crippen LogP contribution in [0.15, 0.2) is 59.6 Å². The second kappa shape index (κ2) is 6.24. The largest absolute Gasteiger partial charge is 0.308 e. The van der Waals surface area contributed by atoms with Gasteiger partial charge >= 0.3 is 0 Å². The summed E-state index contributed by atoms with van der Waals surface area (Å²) in [4.78, 5) is 15.0. The topological polar surface area (TPSA) is 38.1 Å². The first-order valence-corrected chi connectivity index (χ1v) is 9.02. The number of carbonyl (C=O) groups excluding carboxylic acids is 1. The zero-order valence-corrected chi connectivity index (χ0v) is 14.3. The Balaban J connectivity index is 1.56. The van der Waals surface area contributed by atoms with Gasteiger partial charge in [0.05, 0.1) is 12.7 Å². The van der Waals surface area contributed by atoms with Gasteiger partial charge in [0.25, 0.3) is 0 Å². The van der Waals surface area contributed by atoms with E-state index >= 15 is 0 Å². The van der Waals surface area contributed by atoms with E-state index in [0.29, 0.717) is 12.5 Å². The zero-order chi connectivity index (χ0) is 16.5. The summed E-state index contributed by atoms with van der Waals surface area (Å²) in [5.74, 6) is 0.578. The molecule has 1 aromatic carbocycles. The average Bonchev–Trinajstić information content (AvgIpc) is 3.00. The van der Waals surface area contributed by atoms with Gasteiger partial charge in [-0.3, -0.25) is 9.48 Å². The van der Waals surface area contributed by atoms with E-state index in [1.807, 2.05) is 54.7 Å². The van der Waals surface area contributed by atoms with Gasteiger partial charge in [-0.1, -0.05) is 18.2 Å². The number of carbonyl (C=O) groups is 1. The van der Waals surface area contributed by atoms with Crippen LogP contribution in [0.25, 0.3) is 0 Å². The maximum atomic E-state index is 13.1. The highest BCUT2D eigenvalue weighted by atomic mass is 32.1. The molecule has 122 valence electrons. The molecule has 0 unspecified atom stereocenters. The van der Waals surface area contributed by atoms with Crippen molar-refractivity contribution < 1.29 is 4.79 Å². The molecule has 24 heavy (non-hydrogen) atoms. The SMILES string of the molecule is Cn1cc([C@@H]2C[C@@H]2C(=O)N(Cc2ccsc2)c2ccccc2)cn1. The van der Waals surface area contributed by atoms with E-state index in [0.717, 1.165) is 12.1 Å². The van der Waals surface area contributed by atoms with Crippen LogP contribution in [0, 0.1) is 5.92 Å². The molecule has 2 atom stereocenters. The Morgan fingerprint density at radius 1 is 1.33 bits per heavy atom. The van der Waals surface area contributed by atoms with Crippen LogP contribution >= 0.6 is 11.3 Å². The summed E-state index contributed by atoms with van der Waals surface area (Å²) in [7, 11) is 1.91. The summed E-state index contributed by atoms with van der Waals surface area (Å²) in [6.07, 6.45) is 4.81. The molecule has 2 aromatic heterocycles. The fourth-order valence-electron chi connectivity index (χ4n) is 3.14. The van der Waals surface area contributed by atoms with Crippen molar-refractivity contribution in [1.82, 2.24) is 9.78 Å². The maximum Gasteiger partial charge on any atom is 0.231 e. The molecule has 4 nitrogen and oxygen atoms in total. The summed E-state index contributed by atoms with van der Waals surface area (Å²) < 4.78 is 1.80. The molecule has 2 heterocycles. The molecule has 0 saturated heterocycles. The van der Waals surface area contributed by atoms with Gasteiger partial charge in [0, 0.05) is 24.8 Å². The average molecular weight is 337 g/mol. The lowest BCUT2D eigenvalue weighted by Gasteiger charge is -2.23. The van der Waals surface area contributed by atoms with Crippen molar-refractivity contribution in [3.8, 4) is 0 Å². The molecule has 0 radical (unpaired) electrons. The first-order chi connectivity index (χ1) is 11.7. The highest BCUT2D eigenvalue weighted by Gasteiger charge is 2.46. The van der Waals surface area contributed by atoms with Gasteiger partial charge in [0.15, 0.2) is 0 Å². The molecule has 4 rings (SSSR count). The van der Waals surface area contributed by atoms with Crippen LogP contribution in [0.1, 0.15) is 23.5 Å². The van der Waals surface area contributed by atoms with Crippen molar-refractivity contribution >= 4 is 22.9 Å². The Morgan fingerprint density at radius 3 is 2.83 bits per heavy atom. The minimum Gasteiger partial charge on any atom is -0.308 e. The van der Waals surface area contributed by atoms with Crippen molar-refractivity contribution in [3.05, 3.63) is 70.7 Å². The van der Waals surface area contributed by atoms with Crippen LogP contribution in [0.5, 0.6) is 0 Å². The third kappa shape index (κ3) is 2.99. The Hall–Kier alpha value is -2.40. The monoisotopic (exact) mass is 337 g/mol. The number of amides is 1. The Labute approximate surface area is 145 Å². The highest BCUT2D eigenvalue weighted by molar-refractivity contribution is 7.07. The number of hydrogen-bond acceptors (Lipinski definition) is 3. The van der Waals surface area contributed by atoms with Crippen LogP contribution in [0.3, 0.4) is 0 Å². The molecule has 1 aliphatic carbocycles. The third-order valence-corrected chi connectivity index (χ3v) is 5.25. The normalized spacial score (nSPS) is 19.2. The van der Waals surface area contributed by atoms with Gasteiger partial charge in [-0.05, 0) is 52.4 Å². The number of rotatable bonds is 5. The van der Waals surface area contributed by atoms with E-state index in [9.17, 15) is 4.79 Å². The summed E-state index contributed by atoms with van der Waals surface area (Å²) in [6.45, 7) is 0.628. The van der Waals surface area contributed by atoms with Crippen molar-refractivity contribution in [2.75, 3.05) is 4.90 Å². The fourth-order valence-corrected chi connectivity index (χ4v) is 3.80. The summed E-state index contributed by atoms with van der Waals surface area (Å²) >= 11 is 1.66. The number of thiophene rings is 1. The van der Waals surface area contributed by atoms with E-state index < -0.39 is 0 Å². The number of aromatic nitrogens is 2. The van der Waals surface area contributed by atoms with E-state index in [1.54, 1.807) is 16.0 Å². The lowest BCUT2D eigenvalue weighted by Crippen LogP contribution is -2.31. The smallest absolute Gasteiger partial charge is 0.231 e. The van der Waals surface area contributed by atoms with E-state index in [-0.39, 0.29) is 11.8 Å². The molecule has 1 saturated carbocycles. The molecular weight excluding hydrogens is 318 g/mol. The zero-order valence-electron chi connectivity index (χ0n) is 13.5. The first-order valence-electron chi connectivity index (χ1n) is 8.08. The van der Waals surface area contributed by atoms with Gasteiger partial charge in [-0.15, -0.1) is 0 Å². The van der Waals surface area contributed by atoms with Gasteiger partial charge in [0.1, 0.15) is 0 Å². The van der Waals surface area contributed by atoms with Crippen molar-refractivity contribution in [2.24, 2.45) is 13.0 Å². The Bertz CT molecular complexity index is 825. The molecule has 0 bridgehead atoms. The molecule has 1 aliphatic rings. The van der Waals surface area contributed by atoms with Crippen LogP contribution in [-0.4, -0.2) is 15.7 Å². The fraction of sp³-hybridized carbons (Fsp3) is 0.263. The lowest BCUT2D eigenvalue weighted by molar-refractivity contribution is -0.120. The second-order valence-corrected chi connectivity index (χ2v) is 7.07. The Kier molecular flexibility index (Phi) is 3.94. The molecule has 1 fully saturated rings. The molecule has 3 aromatic rings. The van der Waals surface area contributed by atoms with Crippen molar-refractivity contribution in [3.63, 3.8) is 0 Å². The lowest BCUT2D eigenvalue weighted by atomic mass is 10.1. The number of aryl methyl sites for hydroxylation is 1. The van der Waals surface area contributed by atoms with Crippen LogP contribution in [0.4, 0.5) is 5.69 Å². The number of benzene rings is 1. The first kappa shape index (κ1) is 15.1. The van der Waals surface area contributed by atoms with Crippen molar-refractivity contribution in [2.45, 2.75) is 18.9 Å². The quantitative estimate of drug-likeness (QED) is 0.710. The minimum absolute atomic E-state index is 0.0630. The van der Waals surface area contributed by atoms with E-state index in [1.165, 1.54) is 11.1 Å². The molecule has 0 N–H and O–H groups in total. The molecule has 0 spiro atoms. The summed E-state index contributed by atoms with van der Waals surface area (Å²) in [6, 6.07) is 12.0. The van der Waals surface area contributed by atoms with Crippen LogP contribution in [0.2, 0.25) is 0 Å². The second-order valence-electron chi connectivity index (χ2n) is 6.29. The molecular formula is C19H19N3OS. The van der Waals surface area contributed by atoms with Crippen molar-refractivity contribution in [1.29, 1.82) is 0 Å². The standard InChI is InChI=1S/C19H19N3OS/c1-21-12-15(10-20-21)17-9-18(17)19(23)22(11-14-7-8-24-13-14)16-5-3-2-4-6-16/h2-8,10,12-13,17-18H,9,11H2,1H3/t17-,18-/m0/s1.